The molecule has 0 saturated heterocycles. The van der Waals surface area contributed by atoms with Gasteiger partial charge in [0, 0.05) is 43.3 Å². The van der Waals surface area contributed by atoms with Gasteiger partial charge in [-0.3, -0.25) is 4.98 Å². The monoisotopic (exact) mass is 247 g/mol. The van der Waals surface area contributed by atoms with Crippen LogP contribution < -0.4 is 10.2 Å². The van der Waals surface area contributed by atoms with E-state index in [1.165, 1.54) is 30.5 Å². The van der Waals surface area contributed by atoms with Crippen molar-refractivity contribution in [1.29, 1.82) is 0 Å². The number of rotatable bonds is 6. The van der Waals surface area contributed by atoms with E-state index >= 15 is 0 Å². The molecule has 18 heavy (non-hydrogen) atoms. The van der Waals surface area contributed by atoms with Gasteiger partial charge in [0.15, 0.2) is 0 Å². The molecule has 1 N–H and O–H groups in total. The van der Waals surface area contributed by atoms with Gasteiger partial charge in [0.2, 0.25) is 0 Å². The number of nitrogens with one attached hydrogen (secondary N) is 1. The van der Waals surface area contributed by atoms with E-state index in [9.17, 15) is 0 Å². The number of aromatic nitrogens is 1. The van der Waals surface area contributed by atoms with Crippen molar-refractivity contribution in [2.75, 3.05) is 18.5 Å². The highest BCUT2D eigenvalue weighted by molar-refractivity contribution is 5.52. The van der Waals surface area contributed by atoms with E-state index in [2.05, 4.69) is 42.2 Å². The fourth-order valence-electron chi connectivity index (χ4n) is 2.37. The molecule has 0 aliphatic heterocycles. The number of hydrogen-bond donors (Lipinski definition) is 1. The van der Waals surface area contributed by atoms with Gasteiger partial charge >= 0.3 is 0 Å². The average Bonchev–Trinajstić information content (AvgIpc) is 2.26. The Kier molecular flexibility index (Phi) is 4.59. The molecule has 0 unspecified atom stereocenters. The van der Waals surface area contributed by atoms with Crippen LogP contribution in [0.25, 0.3) is 0 Å². The summed E-state index contributed by atoms with van der Waals surface area (Å²) in [5.74, 6) is 0.689. The van der Waals surface area contributed by atoms with Crippen LogP contribution >= 0.6 is 0 Å². The predicted molar refractivity (Wildman–Crippen MR) is 76.8 cm³/mol. The molecule has 0 aromatic carbocycles. The molecule has 3 nitrogen and oxygen atoms in total. The van der Waals surface area contributed by atoms with Crippen molar-refractivity contribution in [3.8, 4) is 0 Å². The van der Waals surface area contributed by atoms with Crippen LogP contribution in [0, 0.1) is 5.92 Å². The van der Waals surface area contributed by atoms with Gasteiger partial charge in [-0.05, 0) is 37.8 Å². The third kappa shape index (κ3) is 3.22. The van der Waals surface area contributed by atoms with Crippen LogP contribution in [0.2, 0.25) is 0 Å². The Morgan fingerprint density at radius 1 is 1.44 bits per heavy atom. The van der Waals surface area contributed by atoms with Crippen LogP contribution in [0.1, 0.15) is 38.7 Å². The first-order chi connectivity index (χ1) is 8.68. The largest absolute Gasteiger partial charge is 0.371 e. The third-order valence-electron chi connectivity index (χ3n) is 3.75. The molecule has 0 amide bonds. The van der Waals surface area contributed by atoms with Gasteiger partial charge in [0.1, 0.15) is 0 Å². The molecule has 100 valence electrons. The highest BCUT2D eigenvalue weighted by Gasteiger charge is 2.23. The quantitative estimate of drug-likeness (QED) is 0.838. The second-order valence-electron chi connectivity index (χ2n) is 5.72. The molecule has 0 atom stereocenters. The Hall–Kier alpha value is -1.09. The summed E-state index contributed by atoms with van der Waals surface area (Å²) in [4.78, 5) is 6.69. The lowest BCUT2D eigenvalue weighted by Crippen LogP contribution is -2.38. The van der Waals surface area contributed by atoms with Gasteiger partial charge in [-0.2, -0.15) is 0 Å². The van der Waals surface area contributed by atoms with Crippen molar-refractivity contribution >= 4 is 5.69 Å². The molecule has 0 spiro atoms. The summed E-state index contributed by atoms with van der Waals surface area (Å²) < 4.78 is 0. The Balaban J connectivity index is 2.00. The fraction of sp³-hybridized carbons (Fsp3) is 0.667. The summed E-state index contributed by atoms with van der Waals surface area (Å²) in [5, 5.41) is 3.50. The molecular formula is C15H25N3. The topological polar surface area (TPSA) is 28.2 Å². The minimum absolute atomic E-state index is 0.689. The summed E-state index contributed by atoms with van der Waals surface area (Å²) in [6.07, 6.45) is 7.94. The smallest absolute Gasteiger partial charge is 0.0442 e. The fourth-order valence-corrected chi connectivity index (χ4v) is 2.37. The minimum Gasteiger partial charge on any atom is -0.371 e. The maximum absolute atomic E-state index is 4.26. The Morgan fingerprint density at radius 3 is 2.83 bits per heavy atom. The zero-order valence-corrected chi connectivity index (χ0v) is 11.8. The summed E-state index contributed by atoms with van der Waals surface area (Å²) in [6.45, 7) is 6.44. The first kappa shape index (κ1) is 13.3. The maximum Gasteiger partial charge on any atom is 0.0442 e. The molecule has 0 bridgehead atoms. The SMILES string of the molecule is CC(C)CNCc1cnccc1N(C)C1CCC1. The van der Waals surface area contributed by atoms with Crippen LogP contribution in [-0.4, -0.2) is 24.6 Å². The lowest BCUT2D eigenvalue weighted by Gasteiger charge is -2.37. The first-order valence-electron chi connectivity index (χ1n) is 7.05. The molecule has 2 rings (SSSR count). The summed E-state index contributed by atoms with van der Waals surface area (Å²) >= 11 is 0. The van der Waals surface area contributed by atoms with E-state index in [4.69, 9.17) is 0 Å². The number of hydrogen-bond acceptors (Lipinski definition) is 3. The van der Waals surface area contributed by atoms with Gasteiger partial charge in [0.25, 0.3) is 0 Å². The van der Waals surface area contributed by atoms with Gasteiger partial charge in [-0.15, -0.1) is 0 Å². The van der Waals surface area contributed by atoms with Crippen molar-refractivity contribution in [3.05, 3.63) is 24.0 Å². The zero-order chi connectivity index (χ0) is 13.0. The third-order valence-corrected chi connectivity index (χ3v) is 3.75. The predicted octanol–water partition coefficient (Wildman–Crippen LogP) is 2.82. The van der Waals surface area contributed by atoms with Crippen molar-refractivity contribution in [3.63, 3.8) is 0 Å². The molecule has 1 aromatic heterocycles. The first-order valence-corrected chi connectivity index (χ1v) is 7.05. The van der Waals surface area contributed by atoms with E-state index in [-0.39, 0.29) is 0 Å². The normalized spacial score (nSPS) is 15.8. The zero-order valence-electron chi connectivity index (χ0n) is 11.8. The van der Waals surface area contributed by atoms with E-state index in [1.807, 2.05) is 12.4 Å². The van der Waals surface area contributed by atoms with Crippen molar-refractivity contribution in [2.45, 2.75) is 45.7 Å². The summed E-state index contributed by atoms with van der Waals surface area (Å²) in [5.41, 5.74) is 2.65. The lowest BCUT2D eigenvalue weighted by atomic mass is 9.91. The van der Waals surface area contributed by atoms with Gasteiger partial charge < -0.3 is 10.2 Å². The van der Waals surface area contributed by atoms with Crippen molar-refractivity contribution in [1.82, 2.24) is 10.3 Å². The second kappa shape index (κ2) is 6.19. The molecule has 1 saturated carbocycles. The molecule has 1 aromatic rings. The van der Waals surface area contributed by atoms with E-state index in [0.717, 1.165) is 19.1 Å². The van der Waals surface area contributed by atoms with Crippen molar-refractivity contribution < 1.29 is 0 Å². The molecule has 1 aliphatic carbocycles. The summed E-state index contributed by atoms with van der Waals surface area (Å²) in [7, 11) is 2.21. The van der Waals surface area contributed by atoms with Crippen LogP contribution in [0.5, 0.6) is 0 Å². The van der Waals surface area contributed by atoms with Crippen LogP contribution in [0.15, 0.2) is 18.5 Å². The maximum atomic E-state index is 4.26. The molecule has 1 fully saturated rings. The standard InChI is InChI=1S/C15H25N3/c1-12(2)9-17-11-13-10-16-8-7-15(13)18(3)14-5-4-6-14/h7-8,10,12,14,17H,4-6,9,11H2,1-3H3. The Labute approximate surface area is 111 Å². The van der Waals surface area contributed by atoms with Crippen LogP contribution in [0.4, 0.5) is 5.69 Å². The van der Waals surface area contributed by atoms with E-state index in [0.29, 0.717) is 5.92 Å². The molecule has 3 heteroatoms. The lowest BCUT2D eigenvalue weighted by molar-refractivity contribution is 0.400. The molecule has 0 radical (unpaired) electrons. The Bertz CT molecular complexity index is 372. The van der Waals surface area contributed by atoms with Gasteiger partial charge in [0.05, 0.1) is 0 Å². The van der Waals surface area contributed by atoms with Crippen molar-refractivity contribution in [2.24, 2.45) is 5.92 Å². The number of pyridine rings is 1. The molecular weight excluding hydrogens is 222 g/mol. The molecule has 1 heterocycles. The average molecular weight is 247 g/mol. The van der Waals surface area contributed by atoms with Crippen LogP contribution in [0.3, 0.4) is 0 Å². The van der Waals surface area contributed by atoms with E-state index in [1.54, 1.807) is 0 Å². The molecule has 1 aliphatic rings. The van der Waals surface area contributed by atoms with Crippen LogP contribution in [-0.2, 0) is 6.54 Å². The summed E-state index contributed by atoms with van der Waals surface area (Å²) in [6, 6.07) is 2.88. The van der Waals surface area contributed by atoms with E-state index < -0.39 is 0 Å². The highest BCUT2D eigenvalue weighted by atomic mass is 15.1. The highest BCUT2D eigenvalue weighted by Crippen LogP contribution is 2.29. The Morgan fingerprint density at radius 2 is 2.22 bits per heavy atom. The minimum atomic E-state index is 0.689. The van der Waals surface area contributed by atoms with Gasteiger partial charge in [-0.25, -0.2) is 0 Å². The number of anilines is 1. The second-order valence-corrected chi connectivity index (χ2v) is 5.72. The number of nitrogens with zero attached hydrogens (tertiary/aromatic N) is 2. The van der Waals surface area contributed by atoms with Gasteiger partial charge in [-0.1, -0.05) is 13.8 Å².